The monoisotopic (exact) mass is 469 g/mol. The van der Waals surface area contributed by atoms with Gasteiger partial charge in [0.15, 0.2) is 5.65 Å². The fraction of sp³-hybridized carbons (Fsp3) is 0.435. The first-order valence-corrected chi connectivity index (χ1v) is 12.8. The van der Waals surface area contributed by atoms with E-state index in [0.717, 1.165) is 59.4 Å². The van der Waals surface area contributed by atoms with Crippen molar-refractivity contribution in [3.8, 4) is 0 Å². The van der Waals surface area contributed by atoms with Crippen LogP contribution in [0, 0.1) is 13.8 Å². The van der Waals surface area contributed by atoms with Crippen molar-refractivity contribution in [1.29, 1.82) is 0 Å². The maximum absolute atomic E-state index is 11.3. The van der Waals surface area contributed by atoms with Crippen molar-refractivity contribution >= 4 is 26.7 Å². The zero-order valence-electron chi connectivity index (χ0n) is 19.7. The smallest absolute Gasteiger partial charge is 0.229 e. The zero-order valence-corrected chi connectivity index (χ0v) is 20.5. The molecule has 10 heteroatoms. The van der Waals surface area contributed by atoms with Crippen LogP contribution in [-0.2, 0) is 36.6 Å². The predicted molar refractivity (Wildman–Crippen MR) is 130 cm³/mol. The van der Waals surface area contributed by atoms with Crippen LogP contribution in [0.3, 0.4) is 0 Å². The van der Waals surface area contributed by atoms with Crippen LogP contribution in [0.4, 0.5) is 5.69 Å². The van der Waals surface area contributed by atoms with Gasteiger partial charge in [0, 0.05) is 49.2 Å². The number of allylic oxidation sites excluding steroid dienone is 2. The Balaban J connectivity index is 1.48. The van der Waals surface area contributed by atoms with Crippen molar-refractivity contribution < 1.29 is 8.42 Å². The molecule has 3 aromatic heterocycles. The maximum Gasteiger partial charge on any atom is 0.229 e. The van der Waals surface area contributed by atoms with E-state index in [4.69, 9.17) is 5.10 Å². The van der Waals surface area contributed by atoms with Gasteiger partial charge >= 0.3 is 0 Å². The molecule has 0 bridgehead atoms. The fourth-order valence-corrected chi connectivity index (χ4v) is 5.04. The van der Waals surface area contributed by atoms with Gasteiger partial charge in [0.05, 0.1) is 35.8 Å². The molecule has 3 aromatic rings. The molecule has 0 unspecified atom stereocenters. The summed E-state index contributed by atoms with van der Waals surface area (Å²) in [4.78, 5) is 7.03. The Morgan fingerprint density at radius 1 is 1.24 bits per heavy atom. The summed E-state index contributed by atoms with van der Waals surface area (Å²) in [5, 5.41) is 10.3. The SMILES string of the molecule is C=C(CCC(=C)NS(C)(=O)=O)Cn1nc(C)c2c1CCN(c1cc(C)nc3c1cnn3C)C2. The molecule has 0 radical (unpaired) electrons. The molecule has 0 spiro atoms. The van der Waals surface area contributed by atoms with Crippen LogP contribution in [0.5, 0.6) is 0 Å². The highest BCUT2D eigenvalue weighted by Crippen LogP contribution is 2.32. The molecule has 9 nitrogen and oxygen atoms in total. The lowest BCUT2D eigenvalue weighted by atomic mass is 10.0. The number of fused-ring (bicyclic) bond motifs is 2. The number of aromatic nitrogens is 5. The average molecular weight is 470 g/mol. The zero-order chi connectivity index (χ0) is 23.9. The van der Waals surface area contributed by atoms with Gasteiger partial charge in [-0.2, -0.15) is 10.2 Å². The molecule has 33 heavy (non-hydrogen) atoms. The standard InChI is InChI=1S/C23H31N7O2S/c1-15(7-8-16(2)27-33(6,31)32)13-30-21-9-10-29(14-20(21)18(4)26-30)22-11-17(3)25-23-19(22)12-24-28(23)5/h11-12,27H,1-2,7-10,13-14H2,3-6H3. The Morgan fingerprint density at radius 2 is 2.00 bits per heavy atom. The first kappa shape index (κ1) is 23.0. The number of nitrogens with one attached hydrogen (secondary N) is 1. The van der Waals surface area contributed by atoms with E-state index in [9.17, 15) is 8.42 Å². The van der Waals surface area contributed by atoms with Gasteiger partial charge in [-0.1, -0.05) is 18.7 Å². The van der Waals surface area contributed by atoms with Crippen LogP contribution in [0.15, 0.2) is 36.7 Å². The Labute approximate surface area is 194 Å². The Kier molecular flexibility index (Phi) is 6.04. The highest BCUT2D eigenvalue weighted by Gasteiger charge is 2.25. The van der Waals surface area contributed by atoms with Gasteiger partial charge in [-0.3, -0.25) is 14.1 Å². The van der Waals surface area contributed by atoms with Gasteiger partial charge in [-0.25, -0.2) is 13.4 Å². The van der Waals surface area contributed by atoms with Gasteiger partial charge in [0.25, 0.3) is 0 Å². The molecule has 0 saturated heterocycles. The van der Waals surface area contributed by atoms with Crippen molar-refractivity contribution in [1.82, 2.24) is 29.3 Å². The minimum atomic E-state index is -3.29. The first-order valence-electron chi connectivity index (χ1n) is 10.9. The van der Waals surface area contributed by atoms with Crippen LogP contribution in [0.25, 0.3) is 11.0 Å². The van der Waals surface area contributed by atoms with Gasteiger partial charge < -0.3 is 4.90 Å². The van der Waals surface area contributed by atoms with E-state index in [2.05, 4.69) is 50.5 Å². The van der Waals surface area contributed by atoms with Crippen LogP contribution in [-0.4, -0.2) is 45.8 Å². The third-order valence-corrected chi connectivity index (χ3v) is 6.63. The Morgan fingerprint density at radius 3 is 2.73 bits per heavy atom. The number of anilines is 1. The summed E-state index contributed by atoms with van der Waals surface area (Å²) in [5.74, 6) is 0. The van der Waals surface area contributed by atoms with Crippen LogP contribution in [0.1, 0.15) is 35.5 Å². The van der Waals surface area contributed by atoms with E-state index in [0.29, 0.717) is 25.1 Å². The fourth-order valence-electron chi connectivity index (χ4n) is 4.41. The molecule has 4 rings (SSSR count). The van der Waals surface area contributed by atoms with Crippen LogP contribution < -0.4 is 9.62 Å². The summed E-state index contributed by atoms with van der Waals surface area (Å²) in [5.41, 5.74) is 8.01. The number of aryl methyl sites for hydroxylation is 3. The van der Waals surface area contributed by atoms with Crippen molar-refractivity contribution in [3.05, 3.63) is 59.3 Å². The predicted octanol–water partition coefficient (Wildman–Crippen LogP) is 2.74. The van der Waals surface area contributed by atoms with Crippen molar-refractivity contribution in [2.24, 2.45) is 7.05 Å². The van der Waals surface area contributed by atoms with Gasteiger partial charge in [0.2, 0.25) is 10.0 Å². The van der Waals surface area contributed by atoms with E-state index in [1.807, 2.05) is 24.9 Å². The average Bonchev–Trinajstić information content (AvgIpc) is 3.24. The second-order valence-corrected chi connectivity index (χ2v) is 10.6. The number of pyridine rings is 1. The van der Waals surface area contributed by atoms with Crippen LogP contribution in [0.2, 0.25) is 0 Å². The van der Waals surface area contributed by atoms with E-state index in [-0.39, 0.29) is 0 Å². The van der Waals surface area contributed by atoms with Crippen molar-refractivity contribution in [3.63, 3.8) is 0 Å². The van der Waals surface area contributed by atoms with E-state index < -0.39 is 10.0 Å². The second kappa shape index (κ2) is 8.66. The minimum Gasteiger partial charge on any atom is -0.366 e. The molecular weight excluding hydrogens is 438 g/mol. The Hall–Kier alpha value is -3.14. The summed E-state index contributed by atoms with van der Waals surface area (Å²) in [6.45, 7) is 14.3. The lowest BCUT2D eigenvalue weighted by molar-refractivity contribution is 0.588. The van der Waals surface area contributed by atoms with E-state index >= 15 is 0 Å². The van der Waals surface area contributed by atoms with E-state index in [1.165, 1.54) is 11.3 Å². The molecule has 0 fully saturated rings. The normalized spacial score (nSPS) is 13.9. The van der Waals surface area contributed by atoms with Crippen molar-refractivity contribution in [2.75, 3.05) is 17.7 Å². The summed E-state index contributed by atoms with van der Waals surface area (Å²) >= 11 is 0. The number of nitrogens with zero attached hydrogens (tertiary/aromatic N) is 6. The summed E-state index contributed by atoms with van der Waals surface area (Å²) in [6, 6.07) is 2.13. The minimum absolute atomic E-state index is 0.474. The highest BCUT2D eigenvalue weighted by molar-refractivity contribution is 7.88. The number of rotatable bonds is 8. The van der Waals surface area contributed by atoms with E-state index in [1.54, 1.807) is 0 Å². The molecule has 1 aliphatic heterocycles. The quantitative estimate of drug-likeness (QED) is 0.510. The number of sulfonamides is 1. The first-order chi connectivity index (χ1) is 15.5. The third kappa shape index (κ3) is 4.95. The summed E-state index contributed by atoms with van der Waals surface area (Å²) in [7, 11) is -1.38. The topological polar surface area (TPSA) is 97.9 Å². The summed E-state index contributed by atoms with van der Waals surface area (Å²) < 4.78 is 29.0. The molecule has 176 valence electrons. The molecule has 0 aliphatic carbocycles. The summed E-state index contributed by atoms with van der Waals surface area (Å²) in [6.07, 6.45) is 5.07. The third-order valence-electron chi connectivity index (χ3n) is 5.97. The molecular formula is C23H31N7O2S. The maximum atomic E-state index is 11.3. The van der Waals surface area contributed by atoms with Crippen LogP contribution >= 0.6 is 0 Å². The molecule has 0 aromatic carbocycles. The van der Waals surface area contributed by atoms with Gasteiger partial charge in [-0.15, -0.1) is 0 Å². The lowest BCUT2D eigenvalue weighted by Gasteiger charge is -2.30. The number of hydrogen-bond acceptors (Lipinski definition) is 6. The molecule has 1 aliphatic rings. The Bertz CT molecular complexity index is 1350. The molecule has 0 amide bonds. The largest absolute Gasteiger partial charge is 0.366 e. The molecule has 0 atom stereocenters. The van der Waals surface area contributed by atoms with Gasteiger partial charge in [0.1, 0.15) is 0 Å². The molecule has 1 N–H and O–H groups in total. The van der Waals surface area contributed by atoms with Gasteiger partial charge in [-0.05, 0) is 32.8 Å². The highest BCUT2D eigenvalue weighted by atomic mass is 32.2. The molecule has 4 heterocycles. The number of hydrogen-bond donors (Lipinski definition) is 1. The van der Waals surface area contributed by atoms with Crippen molar-refractivity contribution in [2.45, 2.75) is 46.2 Å². The molecule has 0 saturated carbocycles. The second-order valence-electron chi connectivity index (χ2n) is 8.86. The lowest BCUT2D eigenvalue weighted by Crippen LogP contribution is -2.31.